The van der Waals surface area contributed by atoms with Crippen molar-refractivity contribution < 1.29 is 17.2 Å². The molecule has 0 atom stereocenters. The second kappa shape index (κ2) is 9.33. The van der Waals surface area contributed by atoms with E-state index in [9.17, 15) is 0 Å². The van der Waals surface area contributed by atoms with E-state index in [1.165, 1.54) is 11.1 Å². The summed E-state index contributed by atoms with van der Waals surface area (Å²) in [5.41, 5.74) is 2.66. The Hall–Kier alpha value is 0.282. The van der Waals surface area contributed by atoms with E-state index in [2.05, 4.69) is 92.9 Å². The molecule has 16 heavy (non-hydrogen) atoms. The molecule has 0 bridgehead atoms. The summed E-state index contributed by atoms with van der Waals surface area (Å²) in [6, 6.07) is 9.54. The van der Waals surface area contributed by atoms with Gasteiger partial charge in [-0.15, -0.1) is 11.1 Å². The Morgan fingerprint density at radius 2 is 1.38 bits per heavy atom. The van der Waals surface area contributed by atoms with Gasteiger partial charge >= 0.3 is 30.6 Å². The normalized spacial score (nSPS) is 10.3. The van der Waals surface area contributed by atoms with Crippen LogP contribution < -0.4 is 0 Å². The summed E-state index contributed by atoms with van der Waals surface area (Å²) in [5, 5.41) is 0. The fraction of sp³-hybridized carbons (Fsp3) is 0.500. The summed E-state index contributed by atoms with van der Waals surface area (Å²) in [5.74, 6) is 0. The standard InChI is InChI=1S/C12H19N2.BrH.Pd/c1-13(2)9-11-6-5-7-12(8-11)10-14(3)4;;/h6-8H,9-10H2,1-4H3;1H;/q-1;;+2/p-1. The maximum atomic E-state index is 3.19. The Balaban J connectivity index is 0.00000106. The monoisotopic (exact) mass is 376 g/mol. The van der Waals surface area contributed by atoms with Crippen molar-refractivity contribution in [3.63, 3.8) is 0 Å². The first-order chi connectivity index (χ1) is 7.58. The average molecular weight is 378 g/mol. The van der Waals surface area contributed by atoms with Crippen molar-refractivity contribution >= 4 is 13.4 Å². The van der Waals surface area contributed by atoms with Crippen molar-refractivity contribution in [3.05, 3.63) is 35.4 Å². The van der Waals surface area contributed by atoms with E-state index < -0.39 is 0 Å². The molecule has 0 saturated heterocycles. The number of benzene rings is 1. The molecule has 2 nitrogen and oxygen atoms in total. The van der Waals surface area contributed by atoms with Gasteiger partial charge in [0.25, 0.3) is 0 Å². The van der Waals surface area contributed by atoms with Gasteiger partial charge in [-0.1, -0.05) is 0 Å². The molecule has 0 amide bonds. The van der Waals surface area contributed by atoms with Crippen LogP contribution in [0, 0.1) is 6.07 Å². The summed E-state index contributed by atoms with van der Waals surface area (Å²) in [7, 11) is 8.33. The third kappa shape index (κ3) is 7.54. The van der Waals surface area contributed by atoms with Crippen LogP contribution in [0.25, 0.3) is 0 Å². The predicted octanol–water partition coefficient (Wildman–Crippen LogP) is 2.45. The molecule has 94 valence electrons. The molecule has 0 aromatic heterocycles. The van der Waals surface area contributed by atoms with Crippen LogP contribution in [-0.4, -0.2) is 38.0 Å². The van der Waals surface area contributed by atoms with E-state index in [1.807, 2.05) is 0 Å². The van der Waals surface area contributed by atoms with Gasteiger partial charge in [0.2, 0.25) is 0 Å². The molecule has 0 aliphatic carbocycles. The van der Waals surface area contributed by atoms with E-state index in [0.717, 1.165) is 13.1 Å². The van der Waals surface area contributed by atoms with Crippen LogP contribution in [-0.2, 0) is 30.3 Å². The van der Waals surface area contributed by atoms with Crippen LogP contribution in [0.3, 0.4) is 0 Å². The second-order valence-corrected chi connectivity index (χ2v) is 4.23. The molecule has 1 rings (SSSR count). The number of nitrogens with zero attached hydrogens (tertiary/aromatic N) is 2. The molecule has 0 N–H and O–H groups in total. The van der Waals surface area contributed by atoms with E-state index in [4.69, 9.17) is 0 Å². The number of hydrogen-bond donors (Lipinski definition) is 0. The van der Waals surface area contributed by atoms with Crippen LogP contribution in [0.1, 0.15) is 11.1 Å². The maximum absolute atomic E-state index is 3.19. The Labute approximate surface area is 117 Å². The van der Waals surface area contributed by atoms with Gasteiger partial charge in [-0.3, -0.25) is 0 Å². The van der Waals surface area contributed by atoms with Crippen molar-refractivity contribution in [3.8, 4) is 0 Å². The van der Waals surface area contributed by atoms with E-state index in [1.54, 1.807) is 0 Å². The number of hydrogen-bond acceptors (Lipinski definition) is 2. The van der Waals surface area contributed by atoms with Gasteiger partial charge < -0.3 is 9.80 Å². The molecule has 0 radical (unpaired) electrons. The Kier molecular flexibility index (Phi) is 9.49. The summed E-state index contributed by atoms with van der Waals surface area (Å²) < 4.78 is 0. The van der Waals surface area contributed by atoms with Crippen LogP contribution in [0.15, 0.2) is 18.2 Å². The first kappa shape index (κ1) is 16.3. The van der Waals surface area contributed by atoms with Crippen molar-refractivity contribution in [2.24, 2.45) is 0 Å². The minimum absolute atomic E-state index is 0.984. The summed E-state index contributed by atoms with van der Waals surface area (Å²) in [6.07, 6.45) is 0. The van der Waals surface area contributed by atoms with E-state index >= 15 is 0 Å². The molecule has 0 unspecified atom stereocenters. The Bertz CT molecular complexity index is 265. The summed E-state index contributed by atoms with van der Waals surface area (Å²) in [4.78, 5) is 4.34. The predicted molar refractivity (Wildman–Crippen MR) is 69.0 cm³/mol. The zero-order chi connectivity index (χ0) is 12.6. The van der Waals surface area contributed by atoms with Crippen LogP contribution >= 0.6 is 13.4 Å². The first-order valence-electron chi connectivity index (χ1n) is 4.98. The van der Waals surface area contributed by atoms with Gasteiger partial charge in [-0.05, 0) is 41.3 Å². The molecule has 1 aromatic carbocycles. The summed E-state index contributed by atoms with van der Waals surface area (Å²) in [6.45, 7) is 1.97. The summed E-state index contributed by atoms with van der Waals surface area (Å²) >= 11 is 5.35. The van der Waals surface area contributed by atoms with Gasteiger partial charge in [0, 0.05) is 0 Å². The molecule has 1 aromatic rings. The molecular formula is C12H19BrN2Pd. The molecule has 0 fully saturated rings. The number of rotatable bonds is 4. The van der Waals surface area contributed by atoms with Crippen molar-refractivity contribution in [2.75, 3.05) is 28.2 Å². The van der Waals surface area contributed by atoms with E-state index in [0.29, 0.717) is 0 Å². The first-order valence-corrected chi connectivity index (χ1v) is 8.53. The zero-order valence-electron chi connectivity index (χ0n) is 10.2. The Morgan fingerprint density at radius 3 is 1.69 bits per heavy atom. The third-order valence-corrected chi connectivity index (χ3v) is 1.91. The molecule has 0 saturated carbocycles. The van der Waals surface area contributed by atoms with Crippen molar-refractivity contribution in [2.45, 2.75) is 13.1 Å². The van der Waals surface area contributed by atoms with Gasteiger partial charge in [0.15, 0.2) is 0 Å². The van der Waals surface area contributed by atoms with Gasteiger partial charge in [0.1, 0.15) is 0 Å². The topological polar surface area (TPSA) is 6.48 Å². The molecule has 0 aliphatic heterocycles. The average Bonchev–Trinajstić information content (AvgIpc) is 2.19. The molecule has 0 heterocycles. The fourth-order valence-electron chi connectivity index (χ4n) is 1.49. The fourth-order valence-corrected chi connectivity index (χ4v) is 1.49. The van der Waals surface area contributed by atoms with Gasteiger partial charge in [-0.25, -0.2) is 0 Å². The molecular weight excluding hydrogens is 358 g/mol. The van der Waals surface area contributed by atoms with Crippen molar-refractivity contribution in [1.82, 2.24) is 9.80 Å². The molecule has 0 spiro atoms. The van der Waals surface area contributed by atoms with Crippen LogP contribution in [0.5, 0.6) is 0 Å². The van der Waals surface area contributed by atoms with Crippen LogP contribution in [0.2, 0.25) is 0 Å². The zero-order valence-corrected chi connectivity index (χ0v) is 13.4. The number of halogens is 1. The SMILES string of the molecule is CN(C)Cc1c[c-]cc(CN(C)C)c1.[Br][Pd+]. The molecule has 4 heteroatoms. The minimum atomic E-state index is 0.984. The third-order valence-electron chi connectivity index (χ3n) is 1.91. The van der Waals surface area contributed by atoms with Gasteiger partial charge in [-0.2, -0.15) is 24.3 Å². The Morgan fingerprint density at radius 1 is 1.00 bits per heavy atom. The second-order valence-electron chi connectivity index (χ2n) is 4.23. The molecule has 0 aliphatic rings. The van der Waals surface area contributed by atoms with Crippen LogP contribution in [0.4, 0.5) is 0 Å². The van der Waals surface area contributed by atoms with Gasteiger partial charge in [0.05, 0.1) is 0 Å². The van der Waals surface area contributed by atoms with Crippen molar-refractivity contribution in [1.29, 1.82) is 0 Å². The quantitative estimate of drug-likeness (QED) is 0.587. The van der Waals surface area contributed by atoms with E-state index in [-0.39, 0.29) is 0 Å².